The van der Waals surface area contributed by atoms with E-state index in [1.165, 1.54) is 4.90 Å². The average molecular weight is 414 g/mol. The summed E-state index contributed by atoms with van der Waals surface area (Å²) in [5.41, 5.74) is 2.44. The van der Waals surface area contributed by atoms with Gasteiger partial charge in [0.1, 0.15) is 0 Å². The minimum atomic E-state index is -2.05. The molecule has 0 radical (unpaired) electrons. The van der Waals surface area contributed by atoms with E-state index >= 15 is 0 Å². The van der Waals surface area contributed by atoms with Crippen LogP contribution in [0, 0.1) is 11.8 Å². The normalized spacial score (nSPS) is 22.5. The maximum absolute atomic E-state index is 13.1. The Morgan fingerprint density at radius 1 is 0.931 bits per heavy atom. The van der Waals surface area contributed by atoms with Crippen molar-refractivity contribution in [2.45, 2.75) is 77.6 Å². The monoisotopic (exact) mass is 413 g/mol. The van der Waals surface area contributed by atoms with Crippen LogP contribution in [-0.2, 0) is 20.6 Å². The van der Waals surface area contributed by atoms with E-state index in [1.807, 2.05) is 30.3 Å². The van der Waals surface area contributed by atoms with E-state index in [0.29, 0.717) is 36.0 Å². The molecule has 0 N–H and O–H groups in total. The van der Waals surface area contributed by atoms with Crippen LogP contribution in [0.2, 0.25) is 16.6 Å². The lowest BCUT2D eigenvalue weighted by molar-refractivity contribution is -0.140. The summed E-state index contributed by atoms with van der Waals surface area (Å²) in [5.74, 6) is 0.371. The second-order valence-corrected chi connectivity index (χ2v) is 14.9. The molecule has 0 spiro atoms. The first-order valence-corrected chi connectivity index (χ1v) is 13.1. The maximum Gasteiger partial charge on any atom is 0.258 e. The third kappa shape index (κ3) is 3.94. The lowest BCUT2D eigenvalue weighted by atomic mass is 9.84. The van der Waals surface area contributed by atoms with E-state index < -0.39 is 8.32 Å². The van der Waals surface area contributed by atoms with Gasteiger partial charge in [-0.15, -0.1) is 0 Å². The van der Waals surface area contributed by atoms with Crippen LogP contribution in [0.3, 0.4) is 0 Å². The van der Waals surface area contributed by atoms with E-state index in [0.717, 1.165) is 11.3 Å². The fraction of sp³-hybridized carbons (Fsp3) is 0.583. The number of carbonyl (C=O) groups is 2. The van der Waals surface area contributed by atoms with Crippen LogP contribution in [0.25, 0.3) is 0 Å². The number of fused-ring (bicyclic) bond motifs is 1. The number of carbonyl (C=O) groups excluding carboxylic acids is 2. The molecule has 0 aromatic heterocycles. The summed E-state index contributed by atoms with van der Waals surface area (Å²) in [6, 6.07) is 9.74. The van der Waals surface area contributed by atoms with Crippen LogP contribution in [0.15, 0.2) is 42.2 Å². The number of likely N-dealkylation sites (tertiary alicyclic amines) is 1. The molecule has 0 bridgehead atoms. The number of nitrogens with zero attached hydrogens (tertiary/aromatic N) is 1. The zero-order valence-electron chi connectivity index (χ0n) is 18.6. The van der Waals surface area contributed by atoms with Crippen LogP contribution in [0.1, 0.15) is 59.9 Å². The molecule has 1 aromatic carbocycles. The highest BCUT2D eigenvalue weighted by Crippen LogP contribution is 2.46. The van der Waals surface area contributed by atoms with Crippen LogP contribution in [0.4, 0.5) is 0 Å². The van der Waals surface area contributed by atoms with Gasteiger partial charge in [0.2, 0.25) is 11.8 Å². The Balaban J connectivity index is 1.78. The fourth-order valence-electron chi connectivity index (χ4n) is 5.49. The number of allylic oxidation sites excluding steroid dienone is 2. The summed E-state index contributed by atoms with van der Waals surface area (Å²) in [6.07, 6.45) is 3.25. The summed E-state index contributed by atoms with van der Waals surface area (Å²) in [7, 11) is -2.05. The highest BCUT2D eigenvalue weighted by Gasteiger charge is 2.51. The van der Waals surface area contributed by atoms with Gasteiger partial charge in [0.15, 0.2) is 0 Å². The summed E-state index contributed by atoms with van der Waals surface area (Å²) in [6.45, 7) is 14.0. The molecule has 1 fully saturated rings. The van der Waals surface area contributed by atoms with Crippen LogP contribution in [-0.4, -0.2) is 25.0 Å². The molecule has 0 unspecified atom stereocenters. The quantitative estimate of drug-likeness (QED) is 0.428. The molecular formula is C24H35NO3Si. The van der Waals surface area contributed by atoms with Gasteiger partial charge in [-0.2, -0.15) is 0 Å². The molecule has 1 aromatic rings. The van der Waals surface area contributed by atoms with E-state index in [1.54, 1.807) is 0 Å². The zero-order valence-corrected chi connectivity index (χ0v) is 19.6. The van der Waals surface area contributed by atoms with Crippen molar-refractivity contribution < 1.29 is 14.0 Å². The molecule has 0 saturated carbocycles. The zero-order chi connectivity index (χ0) is 21.3. The van der Waals surface area contributed by atoms with Crippen LogP contribution in [0.5, 0.6) is 0 Å². The Hall–Kier alpha value is -1.88. The predicted molar refractivity (Wildman–Crippen MR) is 118 cm³/mol. The molecule has 2 amide bonds. The van der Waals surface area contributed by atoms with E-state index in [-0.39, 0.29) is 23.7 Å². The van der Waals surface area contributed by atoms with Crippen LogP contribution < -0.4 is 0 Å². The molecule has 3 rings (SSSR count). The molecule has 5 heteroatoms. The van der Waals surface area contributed by atoms with Gasteiger partial charge in [-0.25, -0.2) is 0 Å². The van der Waals surface area contributed by atoms with Gasteiger partial charge in [0, 0.05) is 6.42 Å². The van der Waals surface area contributed by atoms with Crippen molar-refractivity contribution in [3.8, 4) is 0 Å². The maximum atomic E-state index is 13.1. The minimum Gasteiger partial charge on any atom is -0.546 e. The Morgan fingerprint density at radius 3 is 2.03 bits per heavy atom. The molecule has 2 atom stereocenters. The Labute approximate surface area is 176 Å². The molecule has 1 aliphatic heterocycles. The fourth-order valence-corrected chi connectivity index (χ4v) is 10.8. The van der Waals surface area contributed by atoms with Gasteiger partial charge in [-0.05, 0) is 34.7 Å². The van der Waals surface area contributed by atoms with E-state index in [9.17, 15) is 9.59 Å². The Morgan fingerprint density at radius 2 is 1.48 bits per heavy atom. The summed E-state index contributed by atoms with van der Waals surface area (Å²) in [5, 5.41) is 0. The van der Waals surface area contributed by atoms with Gasteiger partial charge in [0.25, 0.3) is 8.32 Å². The van der Waals surface area contributed by atoms with Crippen molar-refractivity contribution in [3.63, 3.8) is 0 Å². The van der Waals surface area contributed by atoms with E-state index in [4.69, 9.17) is 4.43 Å². The second kappa shape index (κ2) is 8.47. The third-order valence-electron chi connectivity index (χ3n) is 6.87. The van der Waals surface area contributed by atoms with Crippen molar-refractivity contribution >= 4 is 20.1 Å². The number of hydrogen-bond donors (Lipinski definition) is 0. The molecule has 1 aliphatic carbocycles. The predicted octanol–water partition coefficient (Wildman–Crippen LogP) is 5.66. The topological polar surface area (TPSA) is 46.6 Å². The highest BCUT2D eigenvalue weighted by molar-refractivity contribution is 6.77. The van der Waals surface area contributed by atoms with Gasteiger partial charge >= 0.3 is 0 Å². The lowest BCUT2D eigenvalue weighted by Gasteiger charge is -2.43. The average Bonchev–Trinajstić information content (AvgIpc) is 2.90. The molecule has 1 saturated heterocycles. The summed E-state index contributed by atoms with van der Waals surface area (Å²) < 4.78 is 6.83. The van der Waals surface area contributed by atoms with Crippen molar-refractivity contribution in [2.24, 2.45) is 11.8 Å². The second-order valence-electron chi connectivity index (χ2n) is 9.49. The molecular weight excluding hydrogens is 378 g/mol. The SMILES string of the molecule is CC(C)[Si](OC1=CC[C@@H]2C(=O)N(Cc3ccccc3)C(=O)[C@@H]2C1)(C(C)C)C(C)C. The van der Waals surface area contributed by atoms with Crippen molar-refractivity contribution in [2.75, 3.05) is 0 Å². The Kier molecular flexibility index (Phi) is 6.37. The van der Waals surface area contributed by atoms with Gasteiger partial charge < -0.3 is 4.43 Å². The first-order chi connectivity index (χ1) is 13.7. The van der Waals surface area contributed by atoms with Crippen molar-refractivity contribution in [1.82, 2.24) is 4.90 Å². The number of amides is 2. The first kappa shape index (κ1) is 21.8. The van der Waals surface area contributed by atoms with Gasteiger partial charge in [-0.3, -0.25) is 14.5 Å². The van der Waals surface area contributed by atoms with Crippen LogP contribution >= 0.6 is 0 Å². The smallest absolute Gasteiger partial charge is 0.258 e. The molecule has 158 valence electrons. The first-order valence-electron chi connectivity index (χ1n) is 11.0. The lowest BCUT2D eigenvalue weighted by Crippen LogP contribution is -2.48. The van der Waals surface area contributed by atoms with Crippen molar-refractivity contribution in [1.29, 1.82) is 0 Å². The van der Waals surface area contributed by atoms with Crippen molar-refractivity contribution in [3.05, 3.63) is 47.7 Å². The third-order valence-corrected chi connectivity index (χ3v) is 12.9. The molecule has 4 nitrogen and oxygen atoms in total. The Bertz CT molecular complexity index is 763. The van der Waals surface area contributed by atoms with Gasteiger partial charge in [-0.1, -0.05) is 71.9 Å². The molecule has 29 heavy (non-hydrogen) atoms. The molecule has 2 aliphatic rings. The largest absolute Gasteiger partial charge is 0.546 e. The molecule has 1 heterocycles. The number of imide groups is 1. The number of rotatable bonds is 7. The number of hydrogen-bond acceptors (Lipinski definition) is 3. The summed E-state index contributed by atoms with van der Waals surface area (Å²) >= 11 is 0. The minimum absolute atomic E-state index is 0.0285. The van der Waals surface area contributed by atoms with E-state index in [2.05, 4.69) is 47.6 Å². The van der Waals surface area contributed by atoms with Gasteiger partial charge in [0.05, 0.1) is 24.1 Å². The highest BCUT2D eigenvalue weighted by atomic mass is 28.4. The number of benzene rings is 1. The summed E-state index contributed by atoms with van der Waals surface area (Å²) in [4.78, 5) is 27.5. The standard InChI is InChI=1S/C24H35NO3Si/c1-16(2)29(17(3)4,18(5)6)28-20-12-13-21-22(14-20)24(27)25(23(21)26)15-19-10-8-7-9-11-19/h7-12,16-18,21-22H,13-15H2,1-6H3/t21-,22+/m0/s1.